The fourth-order valence-electron chi connectivity index (χ4n) is 3.27. The van der Waals surface area contributed by atoms with Crippen LogP contribution >= 0.6 is 0 Å². The topological polar surface area (TPSA) is 0 Å². The van der Waals surface area contributed by atoms with E-state index in [1.54, 1.807) is 0 Å². The number of hydrogen-bond acceptors (Lipinski definition) is 0. The third kappa shape index (κ3) is 4.37. The monoisotopic (exact) mass is 260 g/mol. The zero-order valence-corrected chi connectivity index (χ0v) is 13.5. The van der Waals surface area contributed by atoms with Gasteiger partial charge < -0.3 is 0 Å². The average molecular weight is 260 g/mol. The molecule has 0 aromatic carbocycles. The van der Waals surface area contributed by atoms with Gasteiger partial charge in [0.2, 0.25) is 0 Å². The lowest BCUT2D eigenvalue weighted by Crippen LogP contribution is -2.13. The summed E-state index contributed by atoms with van der Waals surface area (Å²) in [6.07, 6.45) is 6.26. The van der Waals surface area contributed by atoms with Crippen molar-refractivity contribution in [3.05, 3.63) is 36.5 Å². The van der Waals surface area contributed by atoms with Crippen LogP contribution in [-0.4, -0.2) is 0 Å². The van der Waals surface area contributed by atoms with Gasteiger partial charge in [-0.25, -0.2) is 0 Å². The summed E-state index contributed by atoms with van der Waals surface area (Å²) >= 11 is 0. The van der Waals surface area contributed by atoms with E-state index >= 15 is 0 Å². The van der Waals surface area contributed by atoms with Crippen LogP contribution in [0.1, 0.15) is 59.8 Å². The van der Waals surface area contributed by atoms with E-state index in [-0.39, 0.29) is 0 Å². The lowest BCUT2D eigenvalue weighted by Gasteiger charge is -2.25. The van der Waals surface area contributed by atoms with E-state index in [1.807, 2.05) is 0 Å². The van der Waals surface area contributed by atoms with Gasteiger partial charge >= 0.3 is 0 Å². The minimum atomic E-state index is 0.648. The van der Waals surface area contributed by atoms with Gasteiger partial charge in [-0.15, -0.1) is 0 Å². The Bertz CT molecular complexity index is 347. The molecule has 108 valence electrons. The van der Waals surface area contributed by atoms with Crippen LogP contribution in [-0.2, 0) is 0 Å². The zero-order valence-electron chi connectivity index (χ0n) is 13.5. The Kier molecular flexibility index (Phi) is 6.10. The van der Waals surface area contributed by atoms with Crippen LogP contribution in [0, 0.1) is 23.7 Å². The van der Waals surface area contributed by atoms with Crippen molar-refractivity contribution in [2.24, 2.45) is 23.7 Å². The molecule has 0 nitrogen and oxygen atoms in total. The van der Waals surface area contributed by atoms with Crippen LogP contribution in [0.15, 0.2) is 36.5 Å². The molecule has 1 saturated carbocycles. The largest absolute Gasteiger partial charge is 0.0999 e. The Balaban J connectivity index is 2.83. The summed E-state index contributed by atoms with van der Waals surface area (Å²) in [6, 6.07) is 0. The van der Waals surface area contributed by atoms with Gasteiger partial charge in [-0.2, -0.15) is 0 Å². The first-order chi connectivity index (χ1) is 8.86. The van der Waals surface area contributed by atoms with E-state index in [1.165, 1.54) is 48.8 Å². The van der Waals surface area contributed by atoms with Crippen LogP contribution < -0.4 is 0 Å². The molecule has 0 spiro atoms. The van der Waals surface area contributed by atoms with Crippen molar-refractivity contribution in [3.8, 4) is 0 Å². The maximum atomic E-state index is 4.40. The summed E-state index contributed by atoms with van der Waals surface area (Å²) in [5.41, 5.74) is 4.16. The molecule has 0 radical (unpaired) electrons. The molecule has 19 heavy (non-hydrogen) atoms. The molecule has 0 heteroatoms. The highest BCUT2D eigenvalue weighted by atomic mass is 14.3. The van der Waals surface area contributed by atoms with E-state index in [4.69, 9.17) is 0 Å². The van der Waals surface area contributed by atoms with E-state index in [0.29, 0.717) is 23.7 Å². The standard InChI is InChI=1S/C19H32/c1-8-15(6)16(7)18-10-9-17(13(2)3)11-19(12-18)14(4)5/h15,17-19H,2,4,7-12H2,1,3,5-6H3. The summed E-state index contributed by atoms with van der Waals surface area (Å²) in [6.45, 7) is 21.8. The molecule has 1 aliphatic carbocycles. The van der Waals surface area contributed by atoms with Crippen molar-refractivity contribution in [2.75, 3.05) is 0 Å². The SMILES string of the molecule is C=C(C)C1CCC(C(=C)C(C)CC)CC(C(=C)C)C1. The van der Waals surface area contributed by atoms with Crippen molar-refractivity contribution >= 4 is 0 Å². The second-order valence-electron chi connectivity index (χ2n) is 6.72. The van der Waals surface area contributed by atoms with Crippen LogP contribution in [0.25, 0.3) is 0 Å². The van der Waals surface area contributed by atoms with E-state index in [2.05, 4.69) is 47.4 Å². The Morgan fingerprint density at radius 3 is 1.89 bits per heavy atom. The summed E-state index contributed by atoms with van der Waals surface area (Å²) in [4.78, 5) is 0. The Morgan fingerprint density at radius 1 is 0.947 bits per heavy atom. The van der Waals surface area contributed by atoms with E-state index in [0.717, 1.165) is 0 Å². The number of allylic oxidation sites excluding steroid dienone is 3. The molecule has 0 aromatic heterocycles. The fraction of sp³-hybridized carbons (Fsp3) is 0.684. The predicted molar refractivity (Wildman–Crippen MR) is 87.2 cm³/mol. The molecule has 0 heterocycles. The minimum absolute atomic E-state index is 0.648. The van der Waals surface area contributed by atoms with Gasteiger partial charge in [-0.3, -0.25) is 0 Å². The van der Waals surface area contributed by atoms with Gasteiger partial charge in [0.05, 0.1) is 0 Å². The maximum absolute atomic E-state index is 4.40. The van der Waals surface area contributed by atoms with Crippen LogP contribution in [0.5, 0.6) is 0 Å². The quantitative estimate of drug-likeness (QED) is 0.410. The zero-order chi connectivity index (χ0) is 14.6. The minimum Gasteiger partial charge on any atom is -0.0999 e. The van der Waals surface area contributed by atoms with Crippen LogP contribution in [0.3, 0.4) is 0 Å². The normalized spacial score (nSPS) is 29.4. The first kappa shape index (κ1) is 16.3. The molecular weight excluding hydrogens is 228 g/mol. The second kappa shape index (κ2) is 7.12. The average Bonchev–Trinajstić information content (AvgIpc) is 2.59. The Hall–Kier alpha value is -0.780. The third-order valence-corrected chi connectivity index (χ3v) is 5.17. The highest BCUT2D eigenvalue weighted by molar-refractivity contribution is 5.11. The summed E-state index contributed by atoms with van der Waals surface area (Å²) in [7, 11) is 0. The Labute approximate surface area is 120 Å². The molecule has 0 aromatic rings. The van der Waals surface area contributed by atoms with Gasteiger partial charge in [0.25, 0.3) is 0 Å². The molecule has 1 rings (SSSR count). The van der Waals surface area contributed by atoms with Gasteiger partial charge in [0.1, 0.15) is 0 Å². The lowest BCUT2D eigenvalue weighted by molar-refractivity contribution is 0.418. The number of hydrogen-bond donors (Lipinski definition) is 0. The second-order valence-corrected chi connectivity index (χ2v) is 6.72. The van der Waals surface area contributed by atoms with Gasteiger partial charge in [-0.05, 0) is 69.6 Å². The van der Waals surface area contributed by atoms with Crippen molar-refractivity contribution in [2.45, 2.75) is 59.8 Å². The highest BCUT2D eigenvalue weighted by Gasteiger charge is 2.28. The van der Waals surface area contributed by atoms with Crippen molar-refractivity contribution in [3.63, 3.8) is 0 Å². The van der Waals surface area contributed by atoms with Crippen LogP contribution in [0.4, 0.5) is 0 Å². The van der Waals surface area contributed by atoms with Gasteiger partial charge in [0, 0.05) is 0 Å². The summed E-state index contributed by atoms with van der Waals surface area (Å²) in [5.74, 6) is 2.66. The molecule has 4 unspecified atom stereocenters. The molecule has 1 fully saturated rings. The molecule has 0 saturated heterocycles. The lowest BCUT2D eigenvalue weighted by atomic mass is 9.80. The predicted octanol–water partition coefficient (Wildman–Crippen LogP) is 6.16. The molecule has 4 atom stereocenters. The van der Waals surface area contributed by atoms with Crippen molar-refractivity contribution < 1.29 is 0 Å². The highest BCUT2D eigenvalue weighted by Crippen LogP contribution is 2.41. The molecule has 0 N–H and O–H groups in total. The van der Waals surface area contributed by atoms with Crippen molar-refractivity contribution in [1.82, 2.24) is 0 Å². The Morgan fingerprint density at radius 2 is 1.42 bits per heavy atom. The van der Waals surface area contributed by atoms with Crippen molar-refractivity contribution in [1.29, 1.82) is 0 Å². The van der Waals surface area contributed by atoms with E-state index < -0.39 is 0 Å². The smallest absolute Gasteiger partial charge is 0.0197 e. The third-order valence-electron chi connectivity index (χ3n) is 5.17. The van der Waals surface area contributed by atoms with Gasteiger partial charge in [0.15, 0.2) is 0 Å². The van der Waals surface area contributed by atoms with Crippen LogP contribution in [0.2, 0.25) is 0 Å². The summed E-state index contributed by atoms with van der Waals surface area (Å²) < 4.78 is 0. The van der Waals surface area contributed by atoms with Gasteiger partial charge in [-0.1, -0.05) is 50.3 Å². The molecular formula is C19H32. The first-order valence-corrected chi connectivity index (χ1v) is 7.86. The fourth-order valence-corrected chi connectivity index (χ4v) is 3.27. The summed E-state index contributed by atoms with van der Waals surface area (Å²) in [5, 5.41) is 0. The maximum Gasteiger partial charge on any atom is -0.0197 e. The molecule has 0 bridgehead atoms. The molecule has 1 aliphatic rings. The van der Waals surface area contributed by atoms with E-state index in [9.17, 15) is 0 Å². The molecule has 0 amide bonds. The number of rotatable bonds is 5. The molecule has 0 aliphatic heterocycles. The first-order valence-electron chi connectivity index (χ1n) is 7.86.